The molecule has 1 atom stereocenters. The minimum Gasteiger partial charge on any atom is -0.352 e. The second kappa shape index (κ2) is 7.22. The maximum atomic E-state index is 12.1. The number of hydrogen-bond donors (Lipinski definition) is 2. The molecule has 0 bridgehead atoms. The molecule has 0 aliphatic carbocycles. The van der Waals surface area contributed by atoms with Crippen molar-refractivity contribution >= 4 is 11.6 Å². The van der Waals surface area contributed by atoms with Gasteiger partial charge in [0, 0.05) is 25.2 Å². The number of carbonyl (C=O) groups excluding carboxylic acids is 1. The number of aromatic nitrogens is 3. The summed E-state index contributed by atoms with van der Waals surface area (Å²) in [4.78, 5) is 24.1. The van der Waals surface area contributed by atoms with Crippen molar-refractivity contribution in [3.05, 3.63) is 34.9 Å². The van der Waals surface area contributed by atoms with E-state index in [9.17, 15) is 9.59 Å². The number of nitrogens with one attached hydrogen (secondary N) is 1. The minimum absolute atomic E-state index is 0.0229. The molecule has 2 aromatic rings. The number of pyridine rings is 1. The van der Waals surface area contributed by atoms with E-state index >= 15 is 0 Å². The van der Waals surface area contributed by atoms with Gasteiger partial charge in [-0.2, -0.15) is 0 Å². The lowest BCUT2D eigenvalue weighted by molar-refractivity contribution is -0.122. The van der Waals surface area contributed by atoms with E-state index in [2.05, 4.69) is 24.3 Å². The van der Waals surface area contributed by atoms with Crippen molar-refractivity contribution in [3.8, 4) is 0 Å². The Kier molecular flexibility index (Phi) is 5.32. The summed E-state index contributed by atoms with van der Waals surface area (Å²) in [6, 6.07) is 5.32. The zero-order chi connectivity index (χ0) is 16.1. The van der Waals surface area contributed by atoms with E-state index in [1.54, 1.807) is 18.3 Å². The molecule has 1 amide bonds. The van der Waals surface area contributed by atoms with Crippen LogP contribution in [0.2, 0.25) is 0 Å². The first-order valence-corrected chi connectivity index (χ1v) is 7.55. The van der Waals surface area contributed by atoms with Crippen LogP contribution in [0.4, 0.5) is 0 Å². The quantitative estimate of drug-likeness (QED) is 0.773. The fourth-order valence-electron chi connectivity index (χ4n) is 2.40. The van der Waals surface area contributed by atoms with E-state index < -0.39 is 0 Å². The van der Waals surface area contributed by atoms with Gasteiger partial charge in [0.25, 0.3) is 0 Å². The van der Waals surface area contributed by atoms with Crippen LogP contribution in [0.25, 0.3) is 5.65 Å². The number of amides is 1. The van der Waals surface area contributed by atoms with Crippen molar-refractivity contribution in [2.45, 2.75) is 39.3 Å². The number of fused-ring (bicyclic) bond motifs is 1. The molecule has 0 aliphatic rings. The van der Waals surface area contributed by atoms with Gasteiger partial charge in [-0.25, -0.2) is 9.48 Å². The summed E-state index contributed by atoms with van der Waals surface area (Å²) >= 11 is 0. The average Bonchev–Trinajstić information content (AvgIpc) is 2.81. The highest BCUT2D eigenvalue weighted by Gasteiger charge is 2.13. The molecule has 7 nitrogen and oxygen atoms in total. The molecule has 3 N–H and O–H groups in total. The molecule has 22 heavy (non-hydrogen) atoms. The van der Waals surface area contributed by atoms with Crippen LogP contribution in [0.3, 0.4) is 0 Å². The molecule has 0 fully saturated rings. The van der Waals surface area contributed by atoms with Gasteiger partial charge in [0.1, 0.15) is 0 Å². The molecule has 0 spiro atoms. The van der Waals surface area contributed by atoms with Gasteiger partial charge in [0.15, 0.2) is 5.65 Å². The van der Waals surface area contributed by atoms with Crippen LogP contribution in [-0.4, -0.2) is 32.7 Å². The monoisotopic (exact) mass is 305 g/mol. The molecule has 2 rings (SSSR count). The first-order valence-electron chi connectivity index (χ1n) is 7.55. The third kappa shape index (κ3) is 3.94. The summed E-state index contributed by atoms with van der Waals surface area (Å²) in [7, 11) is 0. The van der Waals surface area contributed by atoms with E-state index in [1.807, 2.05) is 6.07 Å². The molecule has 2 heterocycles. The van der Waals surface area contributed by atoms with Crippen LogP contribution in [0, 0.1) is 5.92 Å². The first-order chi connectivity index (χ1) is 10.5. The van der Waals surface area contributed by atoms with Crippen molar-refractivity contribution in [2.24, 2.45) is 11.7 Å². The van der Waals surface area contributed by atoms with Crippen LogP contribution in [0.15, 0.2) is 29.2 Å². The Morgan fingerprint density at radius 1 is 1.41 bits per heavy atom. The van der Waals surface area contributed by atoms with Crippen LogP contribution < -0.4 is 16.7 Å². The van der Waals surface area contributed by atoms with Crippen molar-refractivity contribution in [1.82, 2.24) is 19.5 Å². The van der Waals surface area contributed by atoms with Crippen molar-refractivity contribution < 1.29 is 4.79 Å². The van der Waals surface area contributed by atoms with Gasteiger partial charge in [-0.15, -0.1) is 5.10 Å². The minimum atomic E-state index is -0.235. The fourth-order valence-corrected chi connectivity index (χ4v) is 2.40. The van der Waals surface area contributed by atoms with Crippen LogP contribution in [0.1, 0.15) is 26.7 Å². The molecule has 0 saturated heterocycles. The average molecular weight is 305 g/mol. The zero-order valence-corrected chi connectivity index (χ0v) is 13.0. The van der Waals surface area contributed by atoms with Gasteiger partial charge < -0.3 is 11.1 Å². The first kappa shape index (κ1) is 16.2. The van der Waals surface area contributed by atoms with Gasteiger partial charge in [-0.3, -0.25) is 9.20 Å². The number of aryl methyl sites for hydroxylation is 1. The maximum Gasteiger partial charge on any atom is 0.350 e. The van der Waals surface area contributed by atoms with E-state index in [-0.39, 0.29) is 30.6 Å². The Hall–Kier alpha value is -2.15. The summed E-state index contributed by atoms with van der Waals surface area (Å²) in [6.45, 7) is 4.85. The predicted molar refractivity (Wildman–Crippen MR) is 84.5 cm³/mol. The van der Waals surface area contributed by atoms with Crippen LogP contribution in [-0.2, 0) is 11.3 Å². The molecular formula is C15H23N5O2. The standard InChI is InChI=1S/C15H23N5O2/c1-11(2)9-12(10-16)17-14(21)6-8-20-15(22)19-7-4-3-5-13(19)18-20/h3-5,7,11-12H,6,8-10,16H2,1-2H3,(H,17,21). The van der Waals surface area contributed by atoms with Crippen LogP contribution in [0.5, 0.6) is 0 Å². The molecule has 0 aliphatic heterocycles. The number of nitrogens with two attached hydrogens (primary N) is 1. The Morgan fingerprint density at radius 2 is 2.18 bits per heavy atom. The second-order valence-corrected chi connectivity index (χ2v) is 5.81. The van der Waals surface area contributed by atoms with Crippen molar-refractivity contribution in [2.75, 3.05) is 6.54 Å². The van der Waals surface area contributed by atoms with Gasteiger partial charge in [-0.05, 0) is 24.5 Å². The summed E-state index contributed by atoms with van der Waals surface area (Å²) in [5, 5.41) is 7.10. The topological polar surface area (TPSA) is 94.4 Å². The van der Waals surface area contributed by atoms with E-state index in [0.29, 0.717) is 18.1 Å². The van der Waals surface area contributed by atoms with Crippen LogP contribution >= 0.6 is 0 Å². The smallest absolute Gasteiger partial charge is 0.350 e. The van der Waals surface area contributed by atoms with E-state index in [4.69, 9.17) is 5.73 Å². The molecule has 120 valence electrons. The number of rotatable bonds is 7. The summed E-state index contributed by atoms with van der Waals surface area (Å²) in [5.41, 5.74) is 6.01. The zero-order valence-electron chi connectivity index (χ0n) is 13.0. The second-order valence-electron chi connectivity index (χ2n) is 5.81. The molecule has 0 aromatic carbocycles. The molecule has 0 saturated carbocycles. The third-order valence-electron chi connectivity index (χ3n) is 3.44. The number of hydrogen-bond acceptors (Lipinski definition) is 4. The summed E-state index contributed by atoms with van der Waals surface area (Å²) < 4.78 is 2.77. The maximum absolute atomic E-state index is 12.1. The van der Waals surface area contributed by atoms with Gasteiger partial charge >= 0.3 is 5.69 Å². The van der Waals surface area contributed by atoms with E-state index in [1.165, 1.54) is 9.08 Å². The van der Waals surface area contributed by atoms with E-state index in [0.717, 1.165) is 6.42 Å². The highest BCUT2D eigenvalue weighted by atomic mass is 16.2. The summed E-state index contributed by atoms with van der Waals surface area (Å²) in [5.74, 6) is 0.356. The molecule has 1 unspecified atom stereocenters. The summed E-state index contributed by atoms with van der Waals surface area (Å²) in [6.07, 6.45) is 2.71. The predicted octanol–water partition coefficient (Wildman–Crippen LogP) is 0.376. The number of carbonyl (C=O) groups is 1. The normalized spacial score (nSPS) is 12.7. The highest BCUT2D eigenvalue weighted by Crippen LogP contribution is 2.04. The third-order valence-corrected chi connectivity index (χ3v) is 3.44. The van der Waals surface area contributed by atoms with Crippen molar-refractivity contribution in [1.29, 1.82) is 0 Å². The highest BCUT2D eigenvalue weighted by molar-refractivity contribution is 5.76. The lowest BCUT2D eigenvalue weighted by Crippen LogP contribution is -2.41. The lowest BCUT2D eigenvalue weighted by Gasteiger charge is -2.18. The van der Waals surface area contributed by atoms with Crippen molar-refractivity contribution in [3.63, 3.8) is 0 Å². The Balaban J connectivity index is 1.95. The molecule has 7 heteroatoms. The Labute approximate surface area is 129 Å². The Bertz CT molecular complexity index is 689. The molecule has 2 aromatic heterocycles. The van der Waals surface area contributed by atoms with Gasteiger partial charge in [0.05, 0.1) is 6.54 Å². The SMILES string of the molecule is CC(C)CC(CN)NC(=O)CCn1nc2ccccn2c1=O. The molecule has 0 radical (unpaired) electrons. The number of nitrogens with zero attached hydrogens (tertiary/aromatic N) is 3. The lowest BCUT2D eigenvalue weighted by atomic mass is 10.0. The largest absolute Gasteiger partial charge is 0.352 e. The fraction of sp³-hybridized carbons (Fsp3) is 0.533. The molecular weight excluding hydrogens is 282 g/mol. The van der Waals surface area contributed by atoms with Gasteiger partial charge in [-0.1, -0.05) is 19.9 Å². The van der Waals surface area contributed by atoms with Gasteiger partial charge in [0.2, 0.25) is 5.91 Å². The Morgan fingerprint density at radius 3 is 2.82 bits per heavy atom.